The molecule has 2 rings (SSSR count). The van der Waals surface area contributed by atoms with Crippen LogP contribution in [0, 0.1) is 6.92 Å². The molecule has 0 saturated heterocycles. The molecule has 0 N–H and O–H groups in total. The van der Waals surface area contributed by atoms with E-state index < -0.39 is 24.3 Å². The predicted molar refractivity (Wildman–Crippen MR) is 90.2 cm³/mol. The summed E-state index contributed by atoms with van der Waals surface area (Å²) in [4.78, 5) is 12.3. The van der Waals surface area contributed by atoms with Gasteiger partial charge in [-0.3, -0.25) is 4.79 Å². The highest BCUT2D eigenvalue weighted by molar-refractivity contribution is 6.34. The predicted octanol–water partition coefficient (Wildman–Crippen LogP) is 6.41. The molecular weight excluding hydrogens is 384 g/mol. The third-order valence-electron chi connectivity index (χ3n) is 3.48. The highest BCUT2D eigenvalue weighted by Gasteiger charge is 2.45. The zero-order chi connectivity index (χ0) is 18.1. The van der Waals surface area contributed by atoms with Crippen molar-refractivity contribution >= 4 is 40.6 Å². The van der Waals surface area contributed by atoms with Gasteiger partial charge in [-0.15, -0.1) is 0 Å². The number of hydrogen-bond donors (Lipinski definition) is 0. The fourth-order valence-electron chi connectivity index (χ4n) is 2.35. The Labute approximate surface area is 152 Å². The van der Waals surface area contributed by atoms with Gasteiger partial charge >= 0.3 is 6.18 Å². The molecule has 0 bridgehead atoms. The number of carbonyl (C=O) groups excluding carboxylic acids is 1. The number of aryl methyl sites for hydroxylation is 1. The zero-order valence-electron chi connectivity index (χ0n) is 12.4. The SMILES string of the molecule is Cc1ccc(CC(=O)C(c2cc(Cl)cc(Cl)c2)C(F)(F)F)cc1Cl. The molecule has 1 unspecified atom stereocenters. The van der Waals surface area contributed by atoms with E-state index in [1.807, 2.05) is 0 Å². The first-order chi connectivity index (χ1) is 11.1. The Kier molecular flexibility index (Phi) is 5.84. The summed E-state index contributed by atoms with van der Waals surface area (Å²) in [7, 11) is 0. The molecule has 0 spiro atoms. The number of hydrogen-bond acceptors (Lipinski definition) is 1. The van der Waals surface area contributed by atoms with Gasteiger partial charge < -0.3 is 0 Å². The number of carbonyl (C=O) groups is 1. The minimum atomic E-state index is -4.75. The number of Topliss-reactive ketones (excluding diaryl/α,β-unsaturated/α-hetero) is 1. The Morgan fingerprint density at radius 2 is 1.62 bits per heavy atom. The van der Waals surface area contributed by atoms with Crippen LogP contribution in [0.1, 0.15) is 22.6 Å². The van der Waals surface area contributed by atoms with Crippen molar-refractivity contribution < 1.29 is 18.0 Å². The van der Waals surface area contributed by atoms with Gasteiger partial charge in [-0.1, -0.05) is 46.9 Å². The molecule has 0 amide bonds. The maximum atomic E-state index is 13.4. The lowest BCUT2D eigenvalue weighted by Crippen LogP contribution is -2.29. The Bertz CT molecular complexity index is 752. The van der Waals surface area contributed by atoms with Crippen molar-refractivity contribution in [1.29, 1.82) is 0 Å². The van der Waals surface area contributed by atoms with Crippen molar-refractivity contribution in [2.24, 2.45) is 0 Å². The maximum absolute atomic E-state index is 13.4. The summed E-state index contributed by atoms with van der Waals surface area (Å²) in [5, 5.41) is 0.477. The van der Waals surface area contributed by atoms with Gasteiger partial charge in [-0.05, 0) is 47.9 Å². The summed E-state index contributed by atoms with van der Waals surface area (Å²) in [5.74, 6) is -3.30. The standard InChI is InChI=1S/C17H12Cl3F3O/c1-9-2-3-10(4-14(9)20)5-15(24)16(17(21,22)23)11-6-12(18)8-13(19)7-11/h2-4,6-8,16H,5H2,1H3. The molecule has 0 aliphatic heterocycles. The number of benzene rings is 2. The van der Waals surface area contributed by atoms with Gasteiger partial charge in [0.2, 0.25) is 0 Å². The topological polar surface area (TPSA) is 17.1 Å². The lowest BCUT2D eigenvalue weighted by atomic mass is 9.90. The van der Waals surface area contributed by atoms with E-state index in [0.29, 0.717) is 10.6 Å². The molecule has 0 fully saturated rings. The summed E-state index contributed by atoms with van der Waals surface area (Å²) >= 11 is 17.5. The van der Waals surface area contributed by atoms with E-state index in [1.165, 1.54) is 12.1 Å². The highest BCUT2D eigenvalue weighted by atomic mass is 35.5. The first-order valence-electron chi connectivity index (χ1n) is 6.88. The van der Waals surface area contributed by atoms with Gasteiger partial charge in [0.15, 0.2) is 5.78 Å². The Morgan fingerprint density at radius 3 is 2.12 bits per heavy atom. The fraction of sp³-hybridized carbons (Fsp3) is 0.235. The summed E-state index contributed by atoms with van der Waals surface area (Å²) < 4.78 is 40.3. The van der Waals surface area contributed by atoms with Crippen LogP contribution in [0.25, 0.3) is 0 Å². The van der Waals surface area contributed by atoms with Gasteiger partial charge in [-0.25, -0.2) is 0 Å². The minimum Gasteiger partial charge on any atom is -0.298 e. The second kappa shape index (κ2) is 7.34. The molecule has 0 saturated carbocycles. The Morgan fingerprint density at radius 1 is 1.04 bits per heavy atom. The number of rotatable bonds is 4. The summed E-state index contributed by atoms with van der Waals surface area (Å²) in [6, 6.07) is 8.25. The monoisotopic (exact) mass is 394 g/mol. The van der Waals surface area contributed by atoms with Crippen LogP contribution in [0.2, 0.25) is 15.1 Å². The molecule has 0 radical (unpaired) electrons. The first kappa shape index (κ1) is 19.1. The molecule has 1 atom stereocenters. The third kappa shape index (κ3) is 4.65. The van der Waals surface area contributed by atoms with Crippen LogP contribution in [-0.2, 0) is 11.2 Å². The second-order valence-corrected chi connectivity index (χ2v) is 6.68. The molecule has 7 heteroatoms. The van der Waals surface area contributed by atoms with Crippen LogP contribution in [-0.4, -0.2) is 12.0 Å². The first-order valence-corrected chi connectivity index (χ1v) is 8.02. The lowest BCUT2D eigenvalue weighted by molar-refractivity contribution is -0.163. The van der Waals surface area contributed by atoms with Crippen LogP contribution >= 0.6 is 34.8 Å². The second-order valence-electron chi connectivity index (χ2n) is 5.40. The third-order valence-corrected chi connectivity index (χ3v) is 4.33. The molecule has 24 heavy (non-hydrogen) atoms. The van der Waals surface area contributed by atoms with Gasteiger partial charge in [-0.2, -0.15) is 13.2 Å². The van der Waals surface area contributed by atoms with E-state index in [2.05, 4.69) is 0 Å². The van der Waals surface area contributed by atoms with Crippen molar-refractivity contribution in [3.8, 4) is 0 Å². The van der Waals surface area contributed by atoms with Crippen molar-refractivity contribution in [1.82, 2.24) is 0 Å². The quantitative estimate of drug-likeness (QED) is 0.584. The fourth-order valence-corrected chi connectivity index (χ4v) is 3.09. The number of halogens is 6. The van der Waals surface area contributed by atoms with Crippen molar-refractivity contribution in [2.45, 2.75) is 25.4 Å². The van der Waals surface area contributed by atoms with Crippen LogP contribution in [0.5, 0.6) is 0 Å². The minimum absolute atomic E-state index is 0.0398. The van der Waals surface area contributed by atoms with E-state index in [9.17, 15) is 18.0 Å². The summed E-state index contributed by atoms with van der Waals surface area (Å²) in [6.07, 6.45) is -5.14. The summed E-state index contributed by atoms with van der Waals surface area (Å²) in [5.41, 5.74) is 0.919. The molecule has 2 aromatic carbocycles. The van der Waals surface area contributed by atoms with Crippen LogP contribution in [0.3, 0.4) is 0 Å². The van der Waals surface area contributed by atoms with E-state index in [1.54, 1.807) is 19.1 Å². The Balaban J connectivity index is 2.37. The molecule has 0 heterocycles. The molecule has 128 valence electrons. The van der Waals surface area contributed by atoms with E-state index >= 15 is 0 Å². The molecule has 1 nitrogen and oxygen atoms in total. The van der Waals surface area contributed by atoms with E-state index in [4.69, 9.17) is 34.8 Å². The molecule has 0 aromatic heterocycles. The van der Waals surface area contributed by atoms with Crippen LogP contribution in [0.4, 0.5) is 13.2 Å². The van der Waals surface area contributed by atoms with Crippen molar-refractivity contribution in [3.63, 3.8) is 0 Å². The van der Waals surface area contributed by atoms with Crippen molar-refractivity contribution in [2.75, 3.05) is 0 Å². The normalized spacial score (nSPS) is 13.0. The van der Waals surface area contributed by atoms with Gasteiger partial charge in [0.25, 0.3) is 0 Å². The number of ketones is 1. The Hall–Kier alpha value is -1.23. The van der Waals surface area contributed by atoms with Gasteiger partial charge in [0.05, 0.1) is 0 Å². The van der Waals surface area contributed by atoms with Crippen LogP contribution in [0.15, 0.2) is 36.4 Å². The zero-order valence-corrected chi connectivity index (χ0v) is 14.7. The van der Waals surface area contributed by atoms with E-state index in [-0.39, 0.29) is 15.6 Å². The highest BCUT2D eigenvalue weighted by Crippen LogP contribution is 2.38. The largest absolute Gasteiger partial charge is 0.402 e. The molecule has 0 aliphatic rings. The number of alkyl halides is 3. The van der Waals surface area contributed by atoms with E-state index in [0.717, 1.165) is 17.7 Å². The lowest BCUT2D eigenvalue weighted by Gasteiger charge is -2.20. The molecule has 0 aliphatic carbocycles. The van der Waals surface area contributed by atoms with Gasteiger partial charge in [0, 0.05) is 21.5 Å². The van der Waals surface area contributed by atoms with Crippen molar-refractivity contribution in [3.05, 3.63) is 68.2 Å². The average molecular weight is 396 g/mol. The van der Waals surface area contributed by atoms with Crippen LogP contribution < -0.4 is 0 Å². The average Bonchev–Trinajstić information content (AvgIpc) is 2.40. The molecule has 2 aromatic rings. The summed E-state index contributed by atoms with van der Waals surface area (Å²) in [6.45, 7) is 1.76. The molecular formula is C17H12Cl3F3O. The smallest absolute Gasteiger partial charge is 0.298 e. The van der Waals surface area contributed by atoms with Gasteiger partial charge in [0.1, 0.15) is 5.92 Å². The maximum Gasteiger partial charge on any atom is 0.402 e.